The molecule has 3 aliphatic heterocycles. The van der Waals surface area contributed by atoms with Crippen LogP contribution in [0.25, 0.3) is 0 Å². The third kappa shape index (κ3) is 2.55. The number of amides is 1. The Labute approximate surface area is 233 Å². The van der Waals surface area contributed by atoms with Gasteiger partial charge < -0.3 is 29.7 Å². The highest BCUT2D eigenvalue weighted by molar-refractivity contribution is 6.14. The average molecular weight is 552 g/mol. The van der Waals surface area contributed by atoms with Gasteiger partial charge in [-0.25, -0.2) is 0 Å². The number of benzene rings is 1. The highest BCUT2D eigenvalue weighted by Gasteiger charge is 2.95. The molecule has 3 spiro atoms. The lowest BCUT2D eigenvalue weighted by molar-refractivity contribution is -0.304. The summed E-state index contributed by atoms with van der Waals surface area (Å²) in [7, 11) is 1.53. The van der Waals surface area contributed by atoms with E-state index in [1.165, 1.54) is 7.11 Å². The third-order valence-corrected chi connectivity index (χ3v) is 11.3. The molecule has 3 fully saturated rings. The Balaban J connectivity index is 1.59. The lowest BCUT2D eigenvalue weighted by Gasteiger charge is -2.49. The van der Waals surface area contributed by atoms with Crippen molar-refractivity contribution in [3.63, 3.8) is 0 Å². The molecule has 3 heterocycles. The fourth-order valence-electron chi connectivity index (χ4n) is 9.43. The van der Waals surface area contributed by atoms with E-state index in [0.717, 1.165) is 6.42 Å². The standard InChI is InChI=1S/C31H37NO8/c1-6-17-7-8-19(33)16(3)39-26(36)27(4)20-14-21(34)32-30(20)25(35)18-13-15(2)24(38-5)23-22(18)31(27,28(30)11-12-28)40-29(23,37)10-9-17/h7-8,13,16-17,19-20,33,37H,6,9-12,14H2,1-5H3,(H,32,34)/b8-7-/t16-,17?,19-,20?,27?,29?,30+,31+/m0/s1. The third-order valence-electron chi connectivity index (χ3n) is 11.3. The minimum atomic E-state index is -1.85. The molecule has 3 N–H and O–H groups in total. The van der Waals surface area contributed by atoms with Crippen molar-refractivity contribution in [1.29, 1.82) is 0 Å². The first-order valence-electron chi connectivity index (χ1n) is 14.5. The number of Topliss-reactive ketones (excluding diaryl/α,β-unsaturated/α-hetero) is 1. The van der Waals surface area contributed by atoms with Crippen molar-refractivity contribution in [1.82, 2.24) is 5.32 Å². The molecule has 4 unspecified atom stereocenters. The fraction of sp³-hybridized carbons (Fsp3) is 0.645. The van der Waals surface area contributed by atoms with E-state index in [9.17, 15) is 24.6 Å². The van der Waals surface area contributed by atoms with Crippen LogP contribution in [0.15, 0.2) is 18.2 Å². The summed E-state index contributed by atoms with van der Waals surface area (Å²) >= 11 is 0. The largest absolute Gasteiger partial charge is 0.496 e. The monoisotopic (exact) mass is 551 g/mol. The topological polar surface area (TPSA) is 131 Å². The molecule has 1 saturated heterocycles. The van der Waals surface area contributed by atoms with Crippen LogP contribution < -0.4 is 10.1 Å². The normalized spacial score (nSPS) is 44.7. The molecule has 8 atom stereocenters. The van der Waals surface area contributed by atoms with Crippen molar-refractivity contribution in [2.24, 2.45) is 22.7 Å². The summed E-state index contributed by atoms with van der Waals surface area (Å²) < 4.78 is 19.0. The summed E-state index contributed by atoms with van der Waals surface area (Å²) in [6, 6.07) is 1.76. The summed E-state index contributed by atoms with van der Waals surface area (Å²) in [6.07, 6.45) is 4.15. The number of aliphatic hydroxyl groups is 2. The van der Waals surface area contributed by atoms with Crippen LogP contribution in [0.3, 0.4) is 0 Å². The van der Waals surface area contributed by atoms with Crippen LogP contribution in [0.2, 0.25) is 0 Å². The van der Waals surface area contributed by atoms with Crippen LogP contribution in [0, 0.1) is 29.6 Å². The molecule has 40 heavy (non-hydrogen) atoms. The average Bonchev–Trinajstić information content (AvgIpc) is 3.56. The second-order valence-electron chi connectivity index (χ2n) is 13.0. The molecule has 3 aliphatic carbocycles. The van der Waals surface area contributed by atoms with Gasteiger partial charge in [0.2, 0.25) is 5.91 Å². The zero-order chi connectivity index (χ0) is 28.6. The summed E-state index contributed by atoms with van der Waals surface area (Å²) in [5.41, 5.74) is -3.33. The number of rotatable bonds is 2. The molecule has 9 nitrogen and oxygen atoms in total. The predicted octanol–water partition coefficient (Wildman–Crippen LogP) is 2.91. The van der Waals surface area contributed by atoms with Gasteiger partial charge in [0.25, 0.3) is 0 Å². The van der Waals surface area contributed by atoms with Crippen molar-refractivity contribution in [2.45, 2.75) is 95.4 Å². The van der Waals surface area contributed by atoms with Gasteiger partial charge in [-0.2, -0.15) is 0 Å². The van der Waals surface area contributed by atoms with Gasteiger partial charge in [-0.1, -0.05) is 19.1 Å². The number of hydrogen-bond donors (Lipinski definition) is 3. The smallest absolute Gasteiger partial charge is 0.315 e. The van der Waals surface area contributed by atoms with E-state index in [1.807, 2.05) is 19.9 Å². The Morgan fingerprint density at radius 2 is 1.88 bits per heavy atom. The molecule has 2 saturated carbocycles. The maximum absolute atomic E-state index is 14.7. The first-order valence-corrected chi connectivity index (χ1v) is 14.5. The molecule has 0 radical (unpaired) electrons. The van der Waals surface area contributed by atoms with Crippen LogP contribution in [-0.2, 0) is 30.5 Å². The number of aliphatic hydroxyl groups excluding tert-OH is 1. The van der Waals surface area contributed by atoms with Gasteiger partial charge in [-0.05, 0) is 64.0 Å². The first-order chi connectivity index (χ1) is 18.9. The van der Waals surface area contributed by atoms with Crippen LogP contribution >= 0.6 is 0 Å². The van der Waals surface area contributed by atoms with E-state index >= 15 is 0 Å². The van der Waals surface area contributed by atoms with Crippen molar-refractivity contribution >= 4 is 17.7 Å². The Kier molecular flexibility index (Phi) is 5.07. The Morgan fingerprint density at radius 1 is 1.15 bits per heavy atom. The number of hydrogen-bond acceptors (Lipinski definition) is 8. The second-order valence-corrected chi connectivity index (χ2v) is 13.0. The van der Waals surface area contributed by atoms with E-state index in [-0.39, 0.29) is 30.4 Å². The molecular formula is C31H37NO8. The minimum Gasteiger partial charge on any atom is -0.496 e. The number of ketones is 1. The Hall–Kier alpha value is -2.75. The van der Waals surface area contributed by atoms with Gasteiger partial charge >= 0.3 is 5.97 Å². The number of aryl methyl sites for hydroxylation is 1. The number of allylic oxidation sites excluding steroid dienone is 1. The van der Waals surface area contributed by atoms with Gasteiger partial charge in [0.1, 0.15) is 34.5 Å². The van der Waals surface area contributed by atoms with Crippen LogP contribution in [-0.4, -0.2) is 52.7 Å². The van der Waals surface area contributed by atoms with Crippen molar-refractivity contribution in [3.05, 3.63) is 40.5 Å². The number of carbonyl (C=O) groups is 3. The van der Waals surface area contributed by atoms with E-state index < -0.39 is 51.9 Å². The maximum Gasteiger partial charge on any atom is 0.315 e. The predicted molar refractivity (Wildman–Crippen MR) is 141 cm³/mol. The number of fused-ring (bicyclic) bond motifs is 3. The molecule has 6 aliphatic rings. The molecule has 3 bridgehead atoms. The Bertz CT molecular complexity index is 1410. The van der Waals surface area contributed by atoms with E-state index in [0.29, 0.717) is 47.3 Å². The van der Waals surface area contributed by atoms with E-state index in [1.54, 1.807) is 26.0 Å². The van der Waals surface area contributed by atoms with E-state index in [2.05, 4.69) is 5.32 Å². The van der Waals surface area contributed by atoms with Gasteiger partial charge in [-0.3, -0.25) is 14.4 Å². The molecule has 214 valence electrons. The van der Waals surface area contributed by atoms with Gasteiger partial charge in [-0.15, -0.1) is 0 Å². The molecule has 1 amide bonds. The van der Waals surface area contributed by atoms with Crippen LogP contribution in [0.1, 0.15) is 86.3 Å². The van der Waals surface area contributed by atoms with Crippen LogP contribution in [0.4, 0.5) is 0 Å². The summed E-state index contributed by atoms with van der Waals surface area (Å²) in [5.74, 6) is -3.35. The quantitative estimate of drug-likeness (QED) is 0.378. The lowest BCUT2D eigenvalue weighted by Crippen LogP contribution is -2.63. The molecule has 7 rings (SSSR count). The van der Waals surface area contributed by atoms with Crippen molar-refractivity contribution in [3.8, 4) is 5.75 Å². The van der Waals surface area contributed by atoms with Crippen molar-refractivity contribution < 1.29 is 38.8 Å². The van der Waals surface area contributed by atoms with Gasteiger partial charge in [0.05, 0.1) is 12.7 Å². The summed E-state index contributed by atoms with van der Waals surface area (Å²) in [5, 5.41) is 26.6. The highest BCUT2D eigenvalue weighted by atomic mass is 16.7. The van der Waals surface area contributed by atoms with Crippen molar-refractivity contribution in [2.75, 3.05) is 7.11 Å². The maximum atomic E-state index is 14.7. The van der Waals surface area contributed by atoms with Gasteiger partial charge in [0, 0.05) is 35.3 Å². The zero-order valence-electron chi connectivity index (χ0n) is 23.6. The zero-order valence-corrected chi connectivity index (χ0v) is 23.6. The van der Waals surface area contributed by atoms with Gasteiger partial charge in [0.15, 0.2) is 11.6 Å². The number of carbonyl (C=O) groups excluding carboxylic acids is 3. The molecule has 0 aromatic heterocycles. The summed E-state index contributed by atoms with van der Waals surface area (Å²) in [6.45, 7) is 7.23. The minimum absolute atomic E-state index is 0.0165. The molecule has 1 aromatic rings. The molecular weight excluding hydrogens is 514 g/mol. The second kappa shape index (κ2) is 7.75. The lowest BCUT2D eigenvalue weighted by atomic mass is 9.60. The molecule has 1 aromatic carbocycles. The SMILES string of the molecule is CCC1/C=C\[C@H](O)[C@H](C)OC(=O)C2(C)C3CC(=O)N[C@@]34C(=O)c3cc(C)c(OC)c5c3[C@]2(OC5(O)CC1)C41CC1. The number of nitrogens with one attached hydrogen (secondary N) is 1. The highest BCUT2D eigenvalue weighted by Crippen LogP contribution is 2.87. The van der Waals surface area contributed by atoms with E-state index in [4.69, 9.17) is 14.2 Å². The molecule has 9 heteroatoms. The number of methoxy groups -OCH3 is 1. The summed E-state index contributed by atoms with van der Waals surface area (Å²) in [4.78, 5) is 42.4. The Morgan fingerprint density at radius 3 is 2.52 bits per heavy atom. The fourth-order valence-corrected chi connectivity index (χ4v) is 9.43. The van der Waals surface area contributed by atoms with Crippen LogP contribution in [0.5, 0.6) is 5.75 Å². The number of ether oxygens (including phenoxy) is 3. The first kappa shape index (κ1) is 26.2. The number of esters is 1. The number of cyclic esters (lactones) is 1.